The number of hydrogen-bond donors (Lipinski definition) is 1. The standard InChI is InChI=1S/C21H24ClN3OS/c1-12-10-15(14(3)25(12)21(4,5)6)11-18-19(26)24-20(27-18)23-17-9-7-8-16(22)13(17)2/h7-11H,1-6H3,(H,23,24,26)/b18-11+. The molecule has 1 N–H and O–H groups in total. The Kier molecular flexibility index (Phi) is 5.28. The van der Waals surface area contributed by atoms with Gasteiger partial charge in [-0.25, -0.2) is 4.99 Å². The van der Waals surface area contributed by atoms with Crippen molar-refractivity contribution in [2.24, 2.45) is 4.99 Å². The van der Waals surface area contributed by atoms with E-state index in [1.807, 2.05) is 31.2 Å². The lowest BCUT2D eigenvalue weighted by Crippen LogP contribution is -2.24. The van der Waals surface area contributed by atoms with E-state index in [9.17, 15) is 4.79 Å². The first-order valence-corrected chi connectivity index (χ1v) is 10.0. The highest BCUT2D eigenvalue weighted by molar-refractivity contribution is 8.18. The topological polar surface area (TPSA) is 46.4 Å². The second kappa shape index (κ2) is 7.21. The molecule has 142 valence electrons. The van der Waals surface area contributed by atoms with Crippen LogP contribution in [0.25, 0.3) is 6.08 Å². The molecule has 0 atom stereocenters. The van der Waals surface area contributed by atoms with E-state index in [4.69, 9.17) is 11.6 Å². The lowest BCUT2D eigenvalue weighted by atomic mass is 10.1. The minimum Gasteiger partial charge on any atom is -0.343 e. The number of carbonyl (C=O) groups excluding carboxylic acids is 1. The van der Waals surface area contributed by atoms with Gasteiger partial charge in [-0.15, -0.1) is 0 Å². The molecule has 2 aromatic rings. The van der Waals surface area contributed by atoms with Crippen LogP contribution in [-0.4, -0.2) is 15.6 Å². The molecule has 1 aromatic heterocycles. The van der Waals surface area contributed by atoms with Crippen LogP contribution in [0.3, 0.4) is 0 Å². The SMILES string of the molecule is Cc1c(Cl)cccc1N=C1NC(=O)/C(=C\c2cc(C)n(C(C)(C)C)c2C)S1. The molecule has 1 saturated heterocycles. The maximum absolute atomic E-state index is 12.4. The van der Waals surface area contributed by atoms with E-state index in [0.29, 0.717) is 15.1 Å². The zero-order valence-corrected chi connectivity index (χ0v) is 18.0. The smallest absolute Gasteiger partial charge is 0.264 e. The highest BCUT2D eigenvalue weighted by Crippen LogP contribution is 2.33. The van der Waals surface area contributed by atoms with E-state index in [-0.39, 0.29) is 11.4 Å². The highest BCUT2D eigenvalue weighted by Gasteiger charge is 2.26. The van der Waals surface area contributed by atoms with Gasteiger partial charge in [-0.2, -0.15) is 0 Å². The second-order valence-electron chi connectivity index (χ2n) is 7.70. The Labute approximate surface area is 169 Å². The van der Waals surface area contributed by atoms with Gasteiger partial charge in [0.05, 0.1) is 10.6 Å². The quantitative estimate of drug-likeness (QED) is 0.654. The first-order valence-electron chi connectivity index (χ1n) is 8.82. The largest absolute Gasteiger partial charge is 0.343 e. The molecular formula is C21H24ClN3OS. The van der Waals surface area contributed by atoms with E-state index in [0.717, 1.165) is 22.5 Å². The van der Waals surface area contributed by atoms with E-state index >= 15 is 0 Å². The van der Waals surface area contributed by atoms with Crippen LogP contribution in [0.2, 0.25) is 5.02 Å². The molecule has 0 saturated carbocycles. The average Bonchev–Trinajstić information content (AvgIpc) is 3.03. The molecule has 6 heteroatoms. The monoisotopic (exact) mass is 401 g/mol. The van der Waals surface area contributed by atoms with Crippen molar-refractivity contribution in [1.29, 1.82) is 0 Å². The van der Waals surface area contributed by atoms with Crippen LogP contribution in [0.5, 0.6) is 0 Å². The summed E-state index contributed by atoms with van der Waals surface area (Å²) in [6.07, 6.45) is 1.94. The van der Waals surface area contributed by atoms with Crippen molar-refractivity contribution in [3.63, 3.8) is 0 Å². The molecule has 1 fully saturated rings. The number of carbonyl (C=O) groups is 1. The molecule has 1 aromatic carbocycles. The average molecular weight is 402 g/mol. The zero-order valence-electron chi connectivity index (χ0n) is 16.5. The van der Waals surface area contributed by atoms with Crippen molar-refractivity contribution in [2.45, 2.75) is 47.1 Å². The predicted molar refractivity (Wildman–Crippen MR) is 116 cm³/mol. The van der Waals surface area contributed by atoms with Crippen LogP contribution < -0.4 is 5.32 Å². The van der Waals surface area contributed by atoms with Crippen LogP contribution in [-0.2, 0) is 10.3 Å². The van der Waals surface area contributed by atoms with Crippen molar-refractivity contribution in [2.75, 3.05) is 0 Å². The number of aliphatic imine (C=N–C) groups is 1. The molecule has 1 amide bonds. The maximum Gasteiger partial charge on any atom is 0.264 e. The molecule has 3 rings (SSSR count). The summed E-state index contributed by atoms with van der Waals surface area (Å²) < 4.78 is 2.29. The van der Waals surface area contributed by atoms with Gasteiger partial charge in [0.1, 0.15) is 0 Å². The summed E-state index contributed by atoms with van der Waals surface area (Å²) in [6.45, 7) is 12.6. The van der Waals surface area contributed by atoms with Crippen LogP contribution in [0.15, 0.2) is 34.2 Å². The van der Waals surface area contributed by atoms with E-state index in [1.54, 1.807) is 0 Å². The van der Waals surface area contributed by atoms with E-state index in [1.165, 1.54) is 17.5 Å². The zero-order chi connectivity index (χ0) is 19.9. The Morgan fingerprint density at radius 3 is 2.56 bits per heavy atom. The third-order valence-electron chi connectivity index (χ3n) is 4.54. The van der Waals surface area contributed by atoms with Crippen molar-refractivity contribution in [3.05, 3.63) is 56.7 Å². The van der Waals surface area contributed by atoms with Gasteiger partial charge in [-0.1, -0.05) is 17.7 Å². The fourth-order valence-corrected chi connectivity index (χ4v) is 4.41. The number of nitrogens with zero attached hydrogens (tertiary/aromatic N) is 2. The van der Waals surface area contributed by atoms with Crippen molar-refractivity contribution in [1.82, 2.24) is 9.88 Å². The van der Waals surface area contributed by atoms with E-state index in [2.05, 4.69) is 55.6 Å². The number of halogens is 1. The lowest BCUT2D eigenvalue weighted by molar-refractivity contribution is -0.115. The molecule has 1 aliphatic rings. The molecular weight excluding hydrogens is 378 g/mol. The Hall–Kier alpha value is -1.98. The summed E-state index contributed by atoms with van der Waals surface area (Å²) in [6, 6.07) is 7.70. The van der Waals surface area contributed by atoms with E-state index < -0.39 is 0 Å². The first kappa shape index (κ1) is 19.8. The summed E-state index contributed by atoms with van der Waals surface area (Å²) in [5.41, 5.74) is 5.04. The Morgan fingerprint density at radius 2 is 1.93 bits per heavy atom. The lowest BCUT2D eigenvalue weighted by Gasteiger charge is -2.25. The number of rotatable bonds is 2. The fourth-order valence-electron chi connectivity index (χ4n) is 3.41. The maximum atomic E-state index is 12.4. The van der Waals surface area contributed by atoms with Gasteiger partial charge < -0.3 is 9.88 Å². The molecule has 0 radical (unpaired) electrons. The molecule has 0 spiro atoms. The number of aromatic nitrogens is 1. The minimum atomic E-state index is -0.126. The van der Waals surface area contributed by atoms with Crippen LogP contribution in [0, 0.1) is 20.8 Å². The van der Waals surface area contributed by atoms with Crippen LogP contribution >= 0.6 is 23.4 Å². The highest BCUT2D eigenvalue weighted by atomic mass is 35.5. The third kappa shape index (κ3) is 3.99. The summed E-state index contributed by atoms with van der Waals surface area (Å²) in [5, 5.41) is 4.08. The number of nitrogens with one attached hydrogen (secondary N) is 1. The number of hydrogen-bond acceptors (Lipinski definition) is 3. The normalized spacial score (nSPS) is 17.8. The van der Waals surface area contributed by atoms with Crippen molar-refractivity contribution in [3.8, 4) is 0 Å². The van der Waals surface area contributed by atoms with Gasteiger partial charge in [-0.3, -0.25) is 4.79 Å². The van der Waals surface area contributed by atoms with Crippen molar-refractivity contribution < 1.29 is 4.79 Å². The first-order chi connectivity index (χ1) is 12.6. The van der Waals surface area contributed by atoms with Gasteiger partial charge in [-0.05, 0) is 88.7 Å². The Bertz CT molecular complexity index is 980. The molecule has 1 aliphatic heterocycles. The van der Waals surface area contributed by atoms with Gasteiger partial charge in [0.25, 0.3) is 5.91 Å². The number of amidine groups is 1. The molecule has 27 heavy (non-hydrogen) atoms. The summed E-state index contributed by atoms with van der Waals surface area (Å²) in [5.74, 6) is -0.126. The summed E-state index contributed by atoms with van der Waals surface area (Å²) in [7, 11) is 0. The molecule has 0 aliphatic carbocycles. The summed E-state index contributed by atoms with van der Waals surface area (Å²) in [4.78, 5) is 17.6. The van der Waals surface area contributed by atoms with Crippen molar-refractivity contribution >= 4 is 46.2 Å². The minimum absolute atomic E-state index is 0.00722. The predicted octanol–water partition coefficient (Wildman–Crippen LogP) is 5.71. The fraction of sp³-hybridized carbons (Fsp3) is 0.333. The number of benzene rings is 1. The second-order valence-corrected chi connectivity index (χ2v) is 9.14. The van der Waals surface area contributed by atoms with Gasteiger partial charge in [0.15, 0.2) is 5.17 Å². The number of amides is 1. The van der Waals surface area contributed by atoms with Crippen LogP contribution in [0.4, 0.5) is 5.69 Å². The van der Waals surface area contributed by atoms with Gasteiger partial charge >= 0.3 is 0 Å². The van der Waals surface area contributed by atoms with Crippen LogP contribution in [0.1, 0.15) is 43.3 Å². The van der Waals surface area contributed by atoms with Gasteiger partial charge in [0.2, 0.25) is 0 Å². The number of aryl methyl sites for hydroxylation is 1. The third-order valence-corrected chi connectivity index (χ3v) is 5.86. The molecule has 0 unspecified atom stereocenters. The number of thioether (sulfide) groups is 1. The summed E-state index contributed by atoms with van der Waals surface area (Å²) >= 11 is 7.51. The molecule has 2 heterocycles. The molecule has 0 bridgehead atoms. The Balaban J connectivity index is 1.93. The molecule has 4 nitrogen and oxygen atoms in total. The van der Waals surface area contributed by atoms with Gasteiger partial charge in [0, 0.05) is 21.9 Å². The Morgan fingerprint density at radius 1 is 1.22 bits per heavy atom.